The minimum atomic E-state index is -4.15. The third-order valence-electron chi connectivity index (χ3n) is 2.23. The molecule has 2 aromatic rings. The predicted molar refractivity (Wildman–Crippen MR) is 63.2 cm³/mol. The van der Waals surface area contributed by atoms with Gasteiger partial charge in [-0.25, -0.2) is 22.3 Å². The van der Waals surface area contributed by atoms with Gasteiger partial charge in [-0.2, -0.15) is 0 Å². The topological polar surface area (TPSA) is 122 Å². The summed E-state index contributed by atoms with van der Waals surface area (Å²) in [7, 11) is -4.15. The molecule has 2 N–H and O–H groups in total. The summed E-state index contributed by atoms with van der Waals surface area (Å²) >= 11 is 0. The Kier molecular flexibility index (Phi) is 3.40. The van der Waals surface area contributed by atoms with Crippen LogP contribution in [0.2, 0.25) is 0 Å². The van der Waals surface area contributed by atoms with Crippen molar-refractivity contribution in [3.63, 3.8) is 0 Å². The number of sulfonamides is 1. The van der Waals surface area contributed by atoms with Gasteiger partial charge in [0.05, 0.1) is 10.5 Å². The van der Waals surface area contributed by atoms with Gasteiger partial charge in [0.1, 0.15) is 5.82 Å². The first-order valence-electron chi connectivity index (χ1n) is 5.15. The number of aromatic carboxylic acids is 1. The average Bonchev–Trinajstić information content (AvgIpc) is 2.73. The molecule has 0 spiro atoms. The second kappa shape index (κ2) is 4.89. The lowest BCUT2D eigenvalue weighted by molar-refractivity contribution is 0.0691. The molecule has 0 aliphatic heterocycles. The number of anilines is 1. The van der Waals surface area contributed by atoms with E-state index in [1.54, 1.807) is 0 Å². The Morgan fingerprint density at radius 1 is 1.40 bits per heavy atom. The summed E-state index contributed by atoms with van der Waals surface area (Å²) in [4.78, 5) is 10.3. The molecule has 0 bridgehead atoms. The predicted octanol–water partition coefficient (Wildman–Crippen LogP) is 1.02. The average molecular weight is 301 g/mol. The maximum Gasteiger partial charge on any atom is 0.338 e. The quantitative estimate of drug-likeness (QED) is 0.864. The normalized spacial score (nSPS) is 11.3. The first-order valence-corrected chi connectivity index (χ1v) is 6.63. The van der Waals surface area contributed by atoms with E-state index in [0.29, 0.717) is 6.07 Å². The number of benzene rings is 1. The number of nitrogens with zero attached hydrogens (tertiary/aromatic N) is 2. The lowest BCUT2D eigenvalue weighted by Crippen LogP contribution is -2.14. The minimum Gasteiger partial charge on any atom is -0.478 e. The summed E-state index contributed by atoms with van der Waals surface area (Å²) in [5, 5.41) is 15.6. The van der Waals surface area contributed by atoms with Crippen LogP contribution < -0.4 is 4.72 Å². The van der Waals surface area contributed by atoms with Crippen molar-refractivity contribution in [3.8, 4) is 0 Å². The van der Waals surface area contributed by atoms with Gasteiger partial charge in [-0.05, 0) is 18.2 Å². The molecule has 0 fully saturated rings. The molecule has 0 saturated heterocycles. The molecule has 0 aliphatic carbocycles. The zero-order valence-corrected chi connectivity index (χ0v) is 10.8. The second-order valence-electron chi connectivity index (χ2n) is 3.68. The van der Waals surface area contributed by atoms with Crippen molar-refractivity contribution in [1.82, 2.24) is 10.2 Å². The molecular formula is C10H8FN3O5S. The third kappa shape index (κ3) is 2.74. The maximum atomic E-state index is 13.2. The van der Waals surface area contributed by atoms with Gasteiger partial charge in [0, 0.05) is 6.92 Å². The molecule has 106 valence electrons. The Hall–Kier alpha value is -2.49. The molecule has 1 heterocycles. The Morgan fingerprint density at radius 2 is 2.10 bits per heavy atom. The Labute approximate surface area is 112 Å². The number of carboxylic acid groups (broad SMARTS) is 1. The molecule has 0 amide bonds. The van der Waals surface area contributed by atoms with Gasteiger partial charge >= 0.3 is 12.0 Å². The summed E-state index contributed by atoms with van der Waals surface area (Å²) in [6.07, 6.45) is 0. The molecule has 1 aromatic heterocycles. The molecule has 0 atom stereocenters. The first kappa shape index (κ1) is 13.9. The van der Waals surface area contributed by atoms with Crippen molar-refractivity contribution in [2.45, 2.75) is 11.8 Å². The van der Waals surface area contributed by atoms with E-state index in [9.17, 15) is 17.6 Å². The lowest BCUT2D eigenvalue weighted by atomic mass is 10.2. The van der Waals surface area contributed by atoms with Crippen LogP contribution in [-0.4, -0.2) is 29.7 Å². The summed E-state index contributed by atoms with van der Waals surface area (Å²) in [6.45, 7) is 1.46. The fourth-order valence-corrected chi connectivity index (χ4v) is 2.30. The summed E-state index contributed by atoms with van der Waals surface area (Å²) in [5.41, 5.74) is -0.755. The highest BCUT2D eigenvalue weighted by atomic mass is 32.2. The zero-order chi connectivity index (χ0) is 14.9. The Balaban J connectivity index is 2.39. The SMILES string of the molecule is Cc1nnc(NS(=O)(=O)c2ccc(F)c(C(=O)O)c2)o1. The van der Waals surface area contributed by atoms with E-state index >= 15 is 0 Å². The van der Waals surface area contributed by atoms with E-state index in [2.05, 4.69) is 10.2 Å². The van der Waals surface area contributed by atoms with Crippen LogP contribution in [0.5, 0.6) is 0 Å². The van der Waals surface area contributed by atoms with Gasteiger partial charge < -0.3 is 9.52 Å². The first-order chi connectivity index (χ1) is 9.29. The number of carboxylic acids is 1. The maximum absolute atomic E-state index is 13.2. The number of nitrogens with one attached hydrogen (secondary N) is 1. The molecule has 10 heteroatoms. The largest absolute Gasteiger partial charge is 0.478 e. The van der Waals surface area contributed by atoms with Crippen molar-refractivity contribution < 1.29 is 27.1 Å². The van der Waals surface area contributed by atoms with Crippen LogP contribution in [0.1, 0.15) is 16.2 Å². The highest BCUT2D eigenvalue weighted by Gasteiger charge is 2.21. The van der Waals surface area contributed by atoms with Crippen LogP contribution in [0.3, 0.4) is 0 Å². The highest BCUT2D eigenvalue weighted by Crippen LogP contribution is 2.18. The monoisotopic (exact) mass is 301 g/mol. The molecule has 8 nitrogen and oxygen atoms in total. The zero-order valence-electron chi connectivity index (χ0n) is 9.99. The fourth-order valence-electron chi connectivity index (χ4n) is 1.35. The molecule has 1 aromatic carbocycles. The van der Waals surface area contributed by atoms with Gasteiger partial charge in [-0.1, -0.05) is 5.10 Å². The Bertz CT molecular complexity index is 771. The number of aromatic nitrogens is 2. The van der Waals surface area contributed by atoms with Crippen molar-refractivity contribution in [2.24, 2.45) is 0 Å². The number of carbonyl (C=O) groups is 1. The number of hydrogen-bond acceptors (Lipinski definition) is 6. The summed E-state index contributed by atoms with van der Waals surface area (Å²) in [5.74, 6) is -2.47. The number of aryl methyl sites for hydroxylation is 1. The van der Waals surface area contributed by atoms with E-state index in [0.717, 1.165) is 12.1 Å². The van der Waals surface area contributed by atoms with E-state index in [1.165, 1.54) is 6.92 Å². The molecule has 0 unspecified atom stereocenters. The molecule has 2 rings (SSSR count). The van der Waals surface area contributed by atoms with Crippen LogP contribution in [0.15, 0.2) is 27.5 Å². The smallest absolute Gasteiger partial charge is 0.338 e. The molecule has 0 aliphatic rings. The van der Waals surface area contributed by atoms with E-state index < -0.39 is 32.3 Å². The number of hydrogen-bond donors (Lipinski definition) is 2. The highest BCUT2D eigenvalue weighted by molar-refractivity contribution is 7.92. The van der Waals surface area contributed by atoms with Gasteiger partial charge in [0.15, 0.2) is 0 Å². The van der Waals surface area contributed by atoms with Gasteiger partial charge in [0.25, 0.3) is 10.0 Å². The van der Waals surface area contributed by atoms with Gasteiger partial charge in [-0.3, -0.25) is 0 Å². The minimum absolute atomic E-state index is 0.146. The molecule has 0 saturated carbocycles. The second-order valence-corrected chi connectivity index (χ2v) is 5.36. The lowest BCUT2D eigenvalue weighted by Gasteiger charge is -2.05. The van der Waals surface area contributed by atoms with Crippen LogP contribution >= 0.6 is 0 Å². The molecule has 20 heavy (non-hydrogen) atoms. The van der Waals surface area contributed by atoms with Crippen molar-refractivity contribution in [3.05, 3.63) is 35.5 Å². The third-order valence-corrected chi connectivity index (χ3v) is 3.54. The van der Waals surface area contributed by atoms with Crippen LogP contribution in [0.4, 0.5) is 10.4 Å². The number of halogens is 1. The number of rotatable bonds is 4. The standard InChI is InChI=1S/C10H8FN3O5S/c1-5-12-13-10(19-5)14-20(17,18)6-2-3-8(11)7(4-6)9(15)16/h2-4H,1H3,(H,13,14)(H,15,16). The molecular weight excluding hydrogens is 293 g/mol. The van der Waals surface area contributed by atoms with Gasteiger partial charge in [-0.15, -0.1) is 5.10 Å². The summed E-state index contributed by atoms with van der Waals surface area (Å²) in [6, 6.07) is 2.00. The summed E-state index contributed by atoms with van der Waals surface area (Å²) < 4.78 is 43.9. The van der Waals surface area contributed by atoms with Crippen molar-refractivity contribution in [2.75, 3.05) is 4.72 Å². The van der Waals surface area contributed by atoms with Crippen molar-refractivity contribution >= 4 is 22.0 Å². The van der Waals surface area contributed by atoms with E-state index in [-0.39, 0.29) is 11.9 Å². The fraction of sp³-hybridized carbons (Fsp3) is 0.100. The van der Waals surface area contributed by atoms with Crippen LogP contribution in [0, 0.1) is 12.7 Å². The van der Waals surface area contributed by atoms with E-state index in [4.69, 9.17) is 9.52 Å². The van der Waals surface area contributed by atoms with E-state index in [1.807, 2.05) is 4.72 Å². The van der Waals surface area contributed by atoms with Crippen molar-refractivity contribution in [1.29, 1.82) is 0 Å². The van der Waals surface area contributed by atoms with Crippen LogP contribution in [-0.2, 0) is 10.0 Å². The van der Waals surface area contributed by atoms with Gasteiger partial charge in [0.2, 0.25) is 5.89 Å². The molecule has 0 radical (unpaired) electrons. The Morgan fingerprint density at radius 3 is 2.65 bits per heavy atom. The van der Waals surface area contributed by atoms with Crippen LogP contribution in [0.25, 0.3) is 0 Å².